The van der Waals surface area contributed by atoms with Crippen LogP contribution in [0.5, 0.6) is 0 Å². The van der Waals surface area contributed by atoms with Crippen molar-refractivity contribution >= 4 is 16.9 Å². The lowest BCUT2D eigenvalue weighted by Crippen LogP contribution is -2.30. The fourth-order valence-electron chi connectivity index (χ4n) is 3.65. The molecule has 0 aromatic heterocycles. The molecule has 1 heterocycles. The molecule has 0 bridgehead atoms. The maximum atomic E-state index is 12.6. The van der Waals surface area contributed by atoms with Gasteiger partial charge in [0.1, 0.15) is 0 Å². The maximum absolute atomic E-state index is 12.6. The summed E-state index contributed by atoms with van der Waals surface area (Å²) in [6.07, 6.45) is 10.1. The summed E-state index contributed by atoms with van der Waals surface area (Å²) in [5, 5.41) is 0.865. The smallest absolute Gasteiger partial charge is 0.193 e. The van der Waals surface area contributed by atoms with E-state index in [0.717, 1.165) is 12.8 Å². The van der Waals surface area contributed by atoms with Crippen LogP contribution in [0.4, 0.5) is 0 Å². The van der Waals surface area contributed by atoms with Gasteiger partial charge >= 0.3 is 0 Å². The number of carbonyl (C=O) groups is 1. The molecule has 2 atom stereocenters. The normalized spacial score (nSPS) is 24.7. The second-order valence-corrected chi connectivity index (χ2v) is 7.54. The number of hydrogen-bond acceptors (Lipinski definition) is 3. The van der Waals surface area contributed by atoms with Gasteiger partial charge in [-0.3, -0.25) is 9.69 Å². The minimum atomic E-state index is 0.336. The summed E-state index contributed by atoms with van der Waals surface area (Å²) < 4.78 is 0. The van der Waals surface area contributed by atoms with Crippen LogP contribution in [0.2, 0.25) is 0 Å². The summed E-state index contributed by atoms with van der Waals surface area (Å²) in [4.78, 5) is 15.1. The molecule has 0 spiro atoms. The van der Waals surface area contributed by atoms with E-state index in [0.29, 0.717) is 22.3 Å². The predicted octanol–water partition coefficient (Wildman–Crippen LogP) is 4.29. The molecular weight excluding hydrogens is 254 g/mol. The molecule has 2 aliphatic rings. The average Bonchev–Trinajstić information content (AvgIpc) is 3.07. The van der Waals surface area contributed by atoms with E-state index in [1.54, 1.807) is 11.8 Å². The Morgan fingerprint density at radius 3 is 2.42 bits per heavy atom. The van der Waals surface area contributed by atoms with Crippen LogP contribution in [-0.2, 0) is 4.79 Å². The van der Waals surface area contributed by atoms with Crippen LogP contribution in [-0.4, -0.2) is 28.5 Å². The van der Waals surface area contributed by atoms with Gasteiger partial charge in [0.15, 0.2) is 5.12 Å². The highest BCUT2D eigenvalue weighted by molar-refractivity contribution is 8.14. The number of rotatable bonds is 6. The van der Waals surface area contributed by atoms with Crippen molar-refractivity contribution in [1.29, 1.82) is 0 Å². The van der Waals surface area contributed by atoms with E-state index < -0.39 is 0 Å². The SMILES string of the molecule is CCCC(C(=O)SC(C)N1CCCC1)C1CCCC1. The maximum Gasteiger partial charge on any atom is 0.193 e. The van der Waals surface area contributed by atoms with Crippen molar-refractivity contribution in [3.05, 3.63) is 0 Å². The molecule has 0 amide bonds. The zero-order valence-corrected chi connectivity index (χ0v) is 13.4. The van der Waals surface area contributed by atoms with E-state index in [1.807, 2.05) is 0 Å². The number of nitrogens with zero attached hydrogens (tertiary/aromatic N) is 1. The van der Waals surface area contributed by atoms with Gasteiger partial charge in [-0.2, -0.15) is 0 Å². The zero-order chi connectivity index (χ0) is 13.7. The first-order valence-electron chi connectivity index (χ1n) is 8.17. The monoisotopic (exact) mass is 283 g/mol. The van der Waals surface area contributed by atoms with Crippen molar-refractivity contribution in [2.75, 3.05) is 13.1 Å². The molecular formula is C16H29NOS. The summed E-state index contributed by atoms with van der Waals surface area (Å²) in [6.45, 7) is 6.79. The second kappa shape index (κ2) is 7.68. The van der Waals surface area contributed by atoms with Gasteiger partial charge in [-0.25, -0.2) is 0 Å². The van der Waals surface area contributed by atoms with Gasteiger partial charge in [0, 0.05) is 5.92 Å². The molecule has 0 N–H and O–H groups in total. The Balaban J connectivity index is 1.86. The first kappa shape index (κ1) is 15.4. The molecule has 2 nitrogen and oxygen atoms in total. The van der Waals surface area contributed by atoms with E-state index in [1.165, 1.54) is 51.6 Å². The standard InChI is InChI=1S/C16H29NOS/c1-3-8-15(14-9-4-5-10-14)16(18)19-13(2)17-11-6-7-12-17/h13-15H,3-12H2,1-2H3. The van der Waals surface area contributed by atoms with E-state index in [-0.39, 0.29) is 0 Å². The molecule has 2 rings (SSSR count). The lowest BCUT2D eigenvalue weighted by Gasteiger charge is -2.26. The summed E-state index contributed by atoms with van der Waals surface area (Å²) in [5.74, 6) is 1.02. The predicted molar refractivity (Wildman–Crippen MR) is 83.2 cm³/mol. The molecule has 2 fully saturated rings. The molecule has 1 aliphatic carbocycles. The van der Waals surface area contributed by atoms with Gasteiger partial charge in [-0.15, -0.1) is 0 Å². The molecule has 1 saturated heterocycles. The number of hydrogen-bond donors (Lipinski definition) is 0. The third-order valence-electron chi connectivity index (χ3n) is 4.81. The topological polar surface area (TPSA) is 20.3 Å². The molecule has 1 saturated carbocycles. The minimum absolute atomic E-state index is 0.336. The average molecular weight is 283 g/mol. The van der Waals surface area contributed by atoms with Crippen LogP contribution in [0.15, 0.2) is 0 Å². The fraction of sp³-hybridized carbons (Fsp3) is 0.938. The summed E-state index contributed by atoms with van der Waals surface area (Å²) in [5.41, 5.74) is 0. The van der Waals surface area contributed by atoms with Gasteiger partial charge in [0.2, 0.25) is 0 Å². The largest absolute Gasteiger partial charge is 0.291 e. The molecule has 0 radical (unpaired) electrons. The molecule has 1 aliphatic heterocycles. The van der Waals surface area contributed by atoms with E-state index >= 15 is 0 Å². The van der Waals surface area contributed by atoms with Crippen molar-refractivity contribution in [3.8, 4) is 0 Å². The highest BCUT2D eigenvalue weighted by Gasteiger charge is 2.32. The summed E-state index contributed by atoms with van der Waals surface area (Å²) in [7, 11) is 0. The Labute approximate surface area is 122 Å². The first-order valence-corrected chi connectivity index (χ1v) is 9.05. The van der Waals surface area contributed by atoms with Gasteiger partial charge in [0.05, 0.1) is 5.37 Å². The number of carbonyl (C=O) groups excluding carboxylic acids is 1. The summed E-state index contributed by atoms with van der Waals surface area (Å²) >= 11 is 1.62. The van der Waals surface area contributed by atoms with Crippen molar-refractivity contribution in [1.82, 2.24) is 4.90 Å². The van der Waals surface area contributed by atoms with E-state index in [4.69, 9.17) is 0 Å². The Morgan fingerprint density at radius 2 is 1.84 bits per heavy atom. The van der Waals surface area contributed by atoms with Crippen LogP contribution in [0.25, 0.3) is 0 Å². The van der Waals surface area contributed by atoms with Crippen LogP contribution < -0.4 is 0 Å². The van der Waals surface area contributed by atoms with Crippen molar-refractivity contribution in [3.63, 3.8) is 0 Å². The van der Waals surface area contributed by atoms with Gasteiger partial charge in [-0.05, 0) is 58.0 Å². The number of likely N-dealkylation sites (tertiary alicyclic amines) is 1. The van der Waals surface area contributed by atoms with Gasteiger partial charge < -0.3 is 0 Å². The third kappa shape index (κ3) is 4.22. The Bertz CT molecular complexity index is 282. The third-order valence-corrected chi connectivity index (χ3v) is 5.99. The minimum Gasteiger partial charge on any atom is -0.291 e. The second-order valence-electron chi connectivity index (χ2n) is 6.22. The molecule has 0 aromatic rings. The Hall–Kier alpha value is -0.0200. The highest BCUT2D eigenvalue weighted by atomic mass is 32.2. The molecule has 19 heavy (non-hydrogen) atoms. The van der Waals surface area contributed by atoms with Gasteiger partial charge in [0.25, 0.3) is 0 Å². The highest BCUT2D eigenvalue weighted by Crippen LogP contribution is 2.37. The first-order chi connectivity index (χ1) is 9.22. The lowest BCUT2D eigenvalue weighted by atomic mass is 9.88. The van der Waals surface area contributed by atoms with Crippen LogP contribution in [0.3, 0.4) is 0 Å². The lowest BCUT2D eigenvalue weighted by molar-refractivity contribution is -0.116. The zero-order valence-electron chi connectivity index (χ0n) is 12.6. The van der Waals surface area contributed by atoms with Crippen molar-refractivity contribution in [2.24, 2.45) is 11.8 Å². The molecule has 110 valence electrons. The van der Waals surface area contributed by atoms with Gasteiger partial charge in [-0.1, -0.05) is 37.9 Å². The van der Waals surface area contributed by atoms with Crippen molar-refractivity contribution in [2.45, 2.75) is 70.6 Å². The molecule has 3 heteroatoms. The van der Waals surface area contributed by atoms with E-state index in [2.05, 4.69) is 18.7 Å². The van der Waals surface area contributed by atoms with Crippen LogP contribution >= 0.6 is 11.8 Å². The fourth-order valence-corrected chi connectivity index (χ4v) is 4.83. The quantitative estimate of drug-likeness (QED) is 0.725. The Kier molecular flexibility index (Phi) is 6.21. The molecule has 0 aromatic carbocycles. The van der Waals surface area contributed by atoms with Crippen LogP contribution in [0, 0.1) is 11.8 Å². The number of thioether (sulfide) groups is 1. The molecule has 2 unspecified atom stereocenters. The summed E-state index contributed by atoms with van der Waals surface area (Å²) in [6, 6.07) is 0. The Morgan fingerprint density at radius 1 is 1.21 bits per heavy atom. The van der Waals surface area contributed by atoms with Crippen LogP contribution in [0.1, 0.15) is 65.2 Å². The van der Waals surface area contributed by atoms with Crippen molar-refractivity contribution < 1.29 is 4.79 Å². The van der Waals surface area contributed by atoms with E-state index in [9.17, 15) is 4.79 Å².